The van der Waals surface area contributed by atoms with Crippen LogP contribution in [0.2, 0.25) is 8.67 Å². The zero-order valence-corrected chi connectivity index (χ0v) is 12.3. The van der Waals surface area contributed by atoms with Crippen LogP contribution in [0.15, 0.2) is 6.07 Å². The van der Waals surface area contributed by atoms with E-state index in [1.807, 2.05) is 6.07 Å². The van der Waals surface area contributed by atoms with Crippen LogP contribution in [0.3, 0.4) is 0 Å². The Kier molecular flexibility index (Phi) is 7.43. The van der Waals surface area contributed by atoms with E-state index in [9.17, 15) is 0 Å². The summed E-state index contributed by atoms with van der Waals surface area (Å²) in [6.07, 6.45) is 0. The fraction of sp³-hybridized carbons (Fsp3) is 0.636. The number of hydrogen-bond acceptors (Lipinski definition) is 4. The lowest BCUT2D eigenvalue weighted by molar-refractivity contribution is 0.0712. The lowest BCUT2D eigenvalue weighted by Crippen LogP contribution is -2.23. The SMILES string of the molecule is COCCOCCNC(C)c1cc(Cl)sc1Cl. The van der Waals surface area contributed by atoms with Crippen LogP contribution >= 0.6 is 34.5 Å². The molecule has 6 heteroatoms. The minimum Gasteiger partial charge on any atom is -0.382 e. The highest BCUT2D eigenvalue weighted by molar-refractivity contribution is 7.20. The summed E-state index contributed by atoms with van der Waals surface area (Å²) < 4.78 is 11.7. The van der Waals surface area contributed by atoms with Crippen LogP contribution in [0, 0.1) is 0 Å². The maximum absolute atomic E-state index is 6.07. The minimum absolute atomic E-state index is 0.178. The summed E-state index contributed by atoms with van der Waals surface area (Å²) >= 11 is 13.4. The van der Waals surface area contributed by atoms with E-state index in [1.165, 1.54) is 11.3 Å². The standard InChI is InChI=1S/C11H17Cl2NO2S/c1-8(9-7-10(12)17-11(9)13)14-3-4-16-6-5-15-2/h7-8,14H,3-6H2,1-2H3. The lowest BCUT2D eigenvalue weighted by atomic mass is 10.2. The van der Waals surface area contributed by atoms with Gasteiger partial charge >= 0.3 is 0 Å². The smallest absolute Gasteiger partial charge is 0.0991 e. The third kappa shape index (κ3) is 5.55. The maximum atomic E-state index is 6.07. The van der Waals surface area contributed by atoms with Gasteiger partial charge in [-0.15, -0.1) is 11.3 Å². The van der Waals surface area contributed by atoms with Crippen molar-refractivity contribution < 1.29 is 9.47 Å². The Morgan fingerprint density at radius 3 is 2.71 bits per heavy atom. The van der Waals surface area contributed by atoms with E-state index in [0.29, 0.717) is 19.8 Å². The molecule has 3 nitrogen and oxygen atoms in total. The Morgan fingerprint density at radius 2 is 2.12 bits per heavy atom. The highest BCUT2D eigenvalue weighted by atomic mass is 35.5. The molecule has 1 N–H and O–H groups in total. The van der Waals surface area contributed by atoms with Crippen LogP contribution < -0.4 is 5.32 Å². The molecule has 0 aliphatic heterocycles. The molecular weight excluding hydrogens is 281 g/mol. The van der Waals surface area contributed by atoms with Crippen molar-refractivity contribution in [1.82, 2.24) is 5.32 Å². The molecule has 1 aromatic heterocycles. The molecule has 1 heterocycles. The molecule has 17 heavy (non-hydrogen) atoms. The van der Waals surface area contributed by atoms with E-state index in [2.05, 4.69) is 12.2 Å². The molecule has 0 saturated carbocycles. The molecule has 1 atom stereocenters. The fourth-order valence-electron chi connectivity index (χ4n) is 1.35. The van der Waals surface area contributed by atoms with Crippen LogP contribution in [-0.2, 0) is 9.47 Å². The number of thiophene rings is 1. The van der Waals surface area contributed by atoms with Gasteiger partial charge in [0.05, 0.1) is 28.5 Å². The zero-order chi connectivity index (χ0) is 12.7. The Hall–Kier alpha value is 0.160. The summed E-state index contributed by atoms with van der Waals surface area (Å²) in [6, 6.07) is 2.08. The highest BCUT2D eigenvalue weighted by Crippen LogP contribution is 2.34. The normalized spacial score (nSPS) is 12.9. The number of ether oxygens (including phenoxy) is 2. The van der Waals surface area contributed by atoms with E-state index in [1.54, 1.807) is 7.11 Å². The van der Waals surface area contributed by atoms with Crippen LogP contribution in [-0.4, -0.2) is 33.5 Å². The molecule has 1 unspecified atom stereocenters. The first-order valence-corrected chi connectivity index (χ1v) is 6.97. The van der Waals surface area contributed by atoms with Crippen LogP contribution in [0.5, 0.6) is 0 Å². The quantitative estimate of drug-likeness (QED) is 0.746. The summed E-state index contributed by atoms with van der Waals surface area (Å²) in [4.78, 5) is 0. The molecule has 0 radical (unpaired) electrons. The molecule has 0 aliphatic rings. The molecule has 0 saturated heterocycles. The van der Waals surface area contributed by atoms with E-state index in [0.717, 1.165) is 20.8 Å². The van der Waals surface area contributed by atoms with Gasteiger partial charge in [0.25, 0.3) is 0 Å². The van der Waals surface area contributed by atoms with Gasteiger partial charge in [0.15, 0.2) is 0 Å². The largest absolute Gasteiger partial charge is 0.382 e. The average Bonchev–Trinajstić information content (AvgIpc) is 2.62. The van der Waals surface area contributed by atoms with Crippen LogP contribution in [0.1, 0.15) is 18.5 Å². The Bertz CT molecular complexity index is 333. The molecule has 0 aromatic carbocycles. The minimum atomic E-state index is 0.178. The van der Waals surface area contributed by atoms with E-state index in [4.69, 9.17) is 32.7 Å². The van der Waals surface area contributed by atoms with Crippen molar-refractivity contribution in [3.05, 3.63) is 20.3 Å². The molecule has 1 rings (SSSR count). The van der Waals surface area contributed by atoms with Gasteiger partial charge in [0, 0.05) is 19.7 Å². The predicted octanol–water partition coefficient (Wildman–Crippen LogP) is 3.37. The summed E-state index contributed by atoms with van der Waals surface area (Å²) in [6.45, 7) is 4.73. The van der Waals surface area contributed by atoms with Gasteiger partial charge in [0.1, 0.15) is 0 Å². The number of rotatable bonds is 8. The monoisotopic (exact) mass is 297 g/mol. The summed E-state index contributed by atoms with van der Waals surface area (Å²) in [5.41, 5.74) is 1.04. The van der Waals surface area contributed by atoms with Gasteiger partial charge in [-0.3, -0.25) is 0 Å². The number of hydrogen-bond donors (Lipinski definition) is 1. The van der Waals surface area contributed by atoms with Crippen molar-refractivity contribution in [2.75, 3.05) is 33.5 Å². The van der Waals surface area contributed by atoms with Crippen LogP contribution in [0.25, 0.3) is 0 Å². The molecule has 0 aliphatic carbocycles. The lowest BCUT2D eigenvalue weighted by Gasteiger charge is -2.13. The molecule has 0 bridgehead atoms. The van der Waals surface area contributed by atoms with Crippen molar-refractivity contribution in [2.24, 2.45) is 0 Å². The van der Waals surface area contributed by atoms with Gasteiger partial charge in [-0.05, 0) is 18.6 Å². The highest BCUT2D eigenvalue weighted by Gasteiger charge is 2.12. The van der Waals surface area contributed by atoms with Gasteiger partial charge < -0.3 is 14.8 Å². The van der Waals surface area contributed by atoms with E-state index >= 15 is 0 Å². The summed E-state index contributed by atoms with van der Waals surface area (Å²) in [7, 11) is 1.66. The van der Waals surface area contributed by atoms with Gasteiger partial charge in [-0.2, -0.15) is 0 Å². The first kappa shape index (κ1) is 15.2. The van der Waals surface area contributed by atoms with E-state index in [-0.39, 0.29) is 6.04 Å². The Labute approximate surface area is 116 Å². The van der Waals surface area contributed by atoms with Crippen molar-refractivity contribution >= 4 is 34.5 Å². The Morgan fingerprint density at radius 1 is 1.35 bits per heavy atom. The third-order valence-electron chi connectivity index (χ3n) is 2.28. The second-order valence-electron chi connectivity index (χ2n) is 3.56. The number of methoxy groups -OCH3 is 1. The van der Waals surface area contributed by atoms with Crippen LogP contribution in [0.4, 0.5) is 0 Å². The van der Waals surface area contributed by atoms with Crippen molar-refractivity contribution in [1.29, 1.82) is 0 Å². The molecule has 0 spiro atoms. The van der Waals surface area contributed by atoms with Crippen molar-refractivity contribution in [2.45, 2.75) is 13.0 Å². The molecule has 0 fully saturated rings. The van der Waals surface area contributed by atoms with Crippen molar-refractivity contribution in [3.8, 4) is 0 Å². The predicted molar refractivity (Wildman–Crippen MR) is 73.5 cm³/mol. The molecule has 0 amide bonds. The van der Waals surface area contributed by atoms with Gasteiger partial charge in [0.2, 0.25) is 0 Å². The average molecular weight is 298 g/mol. The first-order chi connectivity index (χ1) is 8.15. The maximum Gasteiger partial charge on any atom is 0.0991 e. The second-order valence-corrected chi connectivity index (χ2v) is 5.85. The molecular formula is C11H17Cl2NO2S. The van der Waals surface area contributed by atoms with E-state index < -0.39 is 0 Å². The topological polar surface area (TPSA) is 30.5 Å². The van der Waals surface area contributed by atoms with Crippen molar-refractivity contribution in [3.63, 3.8) is 0 Å². The Balaban J connectivity index is 2.21. The zero-order valence-electron chi connectivity index (χ0n) is 9.96. The number of nitrogens with one attached hydrogen (secondary N) is 1. The third-order valence-corrected chi connectivity index (χ3v) is 3.80. The molecule has 1 aromatic rings. The summed E-state index contributed by atoms with van der Waals surface area (Å²) in [5.74, 6) is 0. The molecule has 98 valence electrons. The van der Waals surface area contributed by atoms with Gasteiger partial charge in [-0.1, -0.05) is 23.2 Å². The second kappa shape index (κ2) is 8.29. The number of halogens is 2. The van der Waals surface area contributed by atoms with Gasteiger partial charge in [-0.25, -0.2) is 0 Å². The summed E-state index contributed by atoms with van der Waals surface area (Å²) in [5, 5.41) is 3.33. The first-order valence-electron chi connectivity index (χ1n) is 5.40. The fourth-order valence-corrected chi connectivity index (χ4v) is 3.00.